The van der Waals surface area contributed by atoms with Gasteiger partial charge in [0, 0.05) is 25.0 Å². The van der Waals surface area contributed by atoms with E-state index in [2.05, 4.69) is 5.32 Å². The Kier molecular flexibility index (Phi) is 5.84. The van der Waals surface area contributed by atoms with Gasteiger partial charge in [-0.1, -0.05) is 0 Å². The molecule has 1 saturated heterocycles. The number of amides is 1. The molecule has 6 nitrogen and oxygen atoms in total. The van der Waals surface area contributed by atoms with Crippen LogP contribution >= 0.6 is 0 Å². The lowest BCUT2D eigenvalue weighted by Crippen LogP contribution is -2.48. The summed E-state index contributed by atoms with van der Waals surface area (Å²) in [5.41, 5.74) is -0.263. The van der Waals surface area contributed by atoms with Crippen molar-refractivity contribution in [3.05, 3.63) is 0 Å². The minimum atomic E-state index is -0.312. The van der Waals surface area contributed by atoms with Crippen molar-refractivity contribution in [3.63, 3.8) is 0 Å². The average Bonchev–Trinajstić information content (AvgIpc) is 2.77. The Morgan fingerprint density at radius 2 is 2.22 bits per heavy atom. The number of hydrogen-bond donors (Lipinski definition) is 1. The molecule has 0 aromatic rings. The predicted molar refractivity (Wildman–Crippen MR) is 67.2 cm³/mol. The van der Waals surface area contributed by atoms with Gasteiger partial charge in [0.25, 0.3) is 0 Å². The van der Waals surface area contributed by atoms with Crippen LogP contribution in [0.5, 0.6) is 0 Å². The predicted octanol–water partition coefficient (Wildman–Crippen LogP) is 1.16. The molecule has 0 radical (unpaired) electrons. The number of nitrogens with zero attached hydrogens (tertiary/aromatic N) is 1. The van der Waals surface area contributed by atoms with Gasteiger partial charge in [-0.2, -0.15) is 0 Å². The van der Waals surface area contributed by atoms with Gasteiger partial charge in [-0.15, -0.1) is 0 Å². The fourth-order valence-electron chi connectivity index (χ4n) is 1.65. The smallest absolute Gasteiger partial charge is 0.410 e. The van der Waals surface area contributed by atoms with Crippen molar-refractivity contribution in [2.45, 2.75) is 38.8 Å². The summed E-state index contributed by atoms with van der Waals surface area (Å²) in [4.78, 5) is 23.4. The summed E-state index contributed by atoms with van der Waals surface area (Å²) in [6.45, 7) is 8.10. The van der Waals surface area contributed by atoms with Crippen molar-refractivity contribution in [1.82, 2.24) is 10.2 Å². The van der Waals surface area contributed by atoms with E-state index in [9.17, 15) is 4.79 Å². The standard InChI is InChI=1S/C12H24N2O4/c1-12(2,3)14(7-6-13-4)11(15)16-9-10-5-8-17-18-10/h10,13H,5-9H2,1-4H3. The van der Waals surface area contributed by atoms with Crippen LogP contribution in [0.2, 0.25) is 0 Å². The number of rotatable bonds is 5. The summed E-state index contributed by atoms with van der Waals surface area (Å²) < 4.78 is 5.27. The summed E-state index contributed by atoms with van der Waals surface area (Å²) in [5, 5.41) is 3.03. The van der Waals surface area contributed by atoms with Gasteiger partial charge in [-0.3, -0.25) is 0 Å². The first-order valence-corrected chi connectivity index (χ1v) is 6.32. The first-order valence-electron chi connectivity index (χ1n) is 6.32. The fourth-order valence-corrected chi connectivity index (χ4v) is 1.65. The Hall–Kier alpha value is -0.850. The van der Waals surface area contributed by atoms with Crippen molar-refractivity contribution < 1.29 is 19.3 Å². The zero-order chi connectivity index (χ0) is 13.6. The molecule has 6 heteroatoms. The Morgan fingerprint density at radius 3 is 2.72 bits per heavy atom. The highest BCUT2D eigenvalue weighted by atomic mass is 17.2. The monoisotopic (exact) mass is 260 g/mol. The van der Waals surface area contributed by atoms with Gasteiger partial charge < -0.3 is 15.0 Å². The van der Waals surface area contributed by atoms with Crippen LogP contribution in [0.4, 0.5) is 4.79 Å². The van der Waals surface area contributed by atoms with Crippen molar-refractivity contribution in [2.75, 3.05) is 33.4 Å². The number of nitrogens with one attached hydrogen (secondary N) is 1. The molecular formula is C12H24N2O4. The molecule has 0 aliphatic carbocycles. The molecule has 1 heterocycles. The highest BCUT2D eigenvalue weighted by molar-refractivity contribution is 5.68. The molecule has 0 bridgehead atoms. The molecular weight excluding hydrogens is 236 g/mol. The largest absolute Gasteiger partial charge is 0.447 e. The summed E-state index contributed by atoms with van der Waals surface area (Å²) in [6.07, 6.45) is 0.313. The molecule has 0 aromatic carbocycles. The highest BCUT2D eigenvalue weighted by Crippen LogP contribution is 2.15. The van der Waals surface area contributed by atoms with Gasteiger partial charge in [-0.25, -0.2) is 14.6 Å². The van der Waals surface area contributed by atoms with Crippen LogP contribution in [-0.4, -0.2) is 56.0 Å². The quantitative estimate of drug-likeness (QED) is 0.752. The lowest BCUT2D eigenvalue weighted by Gasteiger charge is -2.34. The van der Waals surface area contributed by atoms with E-state index in [-0.39, 0.29) is 24.3 Å². The molecule has 1 unspecified atom stereocenters. The van der Waals surface area contributed by atoms with Gasteiger partial charge in [0.15, 0.2) is 0 Å². The van der Waals surface area contributed by atoms with Gasteiger partial charge in [0.05, 0.1) is 6.61 Å². The minimum absolute atomic E-state index is 0.139. The van der Waals surface area contributed by atoms with E-state index in [0.29, 0.717) is 13.2 Å². The number of likely N-dealkylation sites (N-methyl/N-ethyl adjacent to an activating group) is 1. The molecule has 1 rings (SSSR count). The van der Waals surface area contributed by atoms with Gasteiger partial charge in [0.1, 0.15) is 12.7 Å². The summed E-state index contributed by atoms with van der Waals surface area (Å²) in [5.74, 6) is 0. The molecule has 1 atom stereocenters. The van der Waals surface area contributed by atoms with Crippen molar-refractivity contribution in [3.8, 4) is 0 Å². The van der Waals surface area contributed by atoms with Crippen molar-refractivity contribution in [1.29, 1.82) is 0 Å². The lowest BCUT2D eigenvalue weighted by molar-refractivity contribution is -0.278. The summed E-state index contributed by atoms with van der Waals surface area (Å²) in [7, 11) is 1.86. The Morgan fingerprint density at radius 1 is 1.50 bits per heavy atom. The Balaban J connectivity index is 2.42. The zero-order valence-electron chi connectivity index (χ0n) is 11.7. The second-order valence-electron chi connectivity index (χ2n) is 5.33. The molecule has 1 amide bonds. The molecule has 1 aliphatic heterocycles. The van der Waals surface area contributed by atoms with Crippen LogP contribution in [0.1, 0.15) is 27.2 Å². The molecule has 0 spiro atoms. The fraction of sp³-hybridized carbons (Fsp3) is 0.917. The third-order valence-electron chi connectivity index (χ3n) is 2.74. The Labute approximate surface area is 108 Å². The van der Waals surface area contributed by atoms with Crippen LogP contribution < -0.4 is 5.32 Å². The van der Waals surface area contributed by atoms with E-state index in [1.54, 1.807) is 4.90 Å². The summed E-state index contributed by atoms with van der Waals surface area (Å²) in [6, 6.07) is 0. The van der Waals surface area contributed by atoms with Crippen molar-refractivity contribution in [2.24, 2.45) is 0 Å². The molecule has 106 valence electrons. The third-order valence-corrected chi connectivity index (χ3v) is 2.74. The van der Waals surface area contributed by atoms with E-state index < -0.39 is 0 Å². The second-order valence-corrected chi connectivity index (χ2v) is 5.33. The lowest BCUT2D eigenvalue weighted by atomic mass is 10.1. The molecule has 1 N–H and O–H groups in total. The topological polar surface area (TPSA) is 60.0 Å². The zero-order valence-corrected chi connectivity index (χ0v) is 11.7. The molecule has 18 heavy (non-hydrogen) atoms. The van der Waals surface area contributed by atoms with E-state index in [0.717, 1.165) is 13.0 Å². The van der Waals surface area contributed by atoms with Crippen LogP contribution in [-0.2, 0) is 14.5 Å². The summed E-state index contributed by atoms with van der Waals surface area (Å²) >= 11 is 0. The molecule has 1 fully saturated rings. The maximum atomic E-state index is 12.0. The third kappa shape index (κ3) is 4.80. The normalized spacial score (nSPS) is 19.9. The molecule has 0 saturated carbocycles. The number of hydrogen-bond acceptors (Lipinski definition) is 5. The molecule has 0 aromatic heterocycles. The number of carbonyl (C=O) groups is 1. The maximum Gasteiger partial charge on any atom is 0.410 e. The van der Waals surface area contributed by atoms with Crippen molar-refractivity contribution >= 4 is 6.09 Å². The van der Waals surface area contributed by atoms with Crippen LogP contribution in [0.25, 0.3) is 0 Å². The van der Waals surface area contributed by atoms with Gasteiger partial charge >= 0.3 is 6.09 Å². The highest BCUT2D eigenvalue weighted by Gasteiger charge is 2.28. The second kappa shape index (κ2) is 6.92. The van der Waals surface area contributed by atoms with Crippen LogP contribution in [0, 0.1) is 0 Å². The first kappa shape index (κ1) is 15.2. The van der Waals surface area contributed by atoms with Crippen LogP contribution in [0.15, 0.2) is 0 Å². The van der Waals surface area contributed by atoms with E-state index >= 15 is 0 Å². The average molecular weight is 260 g/mol. The Bertz CT molecular complexity index is 259. The number of carbonyl (C=O) groups excluding carboxylic acids is 1. The minimum Gasteiger partial charge on any atom is -0.447 e. The van der Waals surface area contributed by atoms with E-state index in [1.807, 2.05) is 27.8 Å². The van der Waals surface area contributed by atoms with Crippen LogP contribution in [0.3, 0.4) is 0 Å². The van der Waals surface area contributed by atoms with Gasteiger partial charge in [-0.05, 0) is 27.8 Å². The SMILES string of the molecule is CNCCN(C(=O)OCC1CCOO1)C(C)(C)C. The molecule has 1 aliphatic rings. The first-order chi connectivity index (χ1) is 8.45. The number of ether oxygens (including phenoxy) is 1. The van der Waals surface area contributed by atoms with E-state index in [1.165, 1.54) is 0 Å². The van der Waals surface area contributed by atoms with Gasteiger partial charge in [0.2, 0.25) is 0 Å². The maximum absolute atomic E-state index is 12.0. The van der Waals surface area contributed by atoms with E-state index in [4.69, 9.17) is 14.5 Å².